The Morgan fingerprint density at radius 3 is 3.06 bits per heavy atom. The van der Waals surface area contributed by atoms with Crippen LogP contribution in [0.25, 0.3) is 0 Å². The number of hydrogen-bond donors (Lipinski definition) is 2. The van der Waals surface area contributed by atoms with E-state index in [2.05, 4.69) is 10.4 Å². The lowest BCUT2D eigenvalue weighted by Gasteiger charge is -2.15. The van der Waals surface area contributed by atoms with Crippen molar-refractivity contribution in [2.24, 2.45) is 5.84 Å². The summed E-state index contributed by atoms with van der Waals surface area (Å²) >= 11 is 1.64. The number of thiophene rings is 1. The van der Waals surface area contributed by atoms with Crippen molar-refractivity contribution in [1.29, 1.82) is 0 Å². The summed E-state index contributed by atoms with van der Waals surface area (Å²) in [4.78, 5) is 5.21. The third kappa shape index (κ3) is 2.82. The monoisotopic (exact) mass is 249 g/mol. The molecule has 2 heterocycles. The largest absolute Gasteiger partial charge is 0.496 e. The molecule has 0 bridgehead atoms. The Morgan fingerprint density at radius 1 is 1.53 bits per heavy atom. The first-order chi connectivity index (χ1) is 8.35. The molecular weight excluding hydrogens is 234 g/mol. The summed E-state index contributed by atoms with van der Waals surface area (Å²) in [6.45, 7) is 0. The van der Waals surface area contributed by atoms with Crippen LogP contribution in [0.2, 0.25) is 0 Å². The first-order valence-corrected chi connectivity index (χ1v) is 6.19. The number of rotatable bonds is 5. The third-order valence-electron chi connectivity index (χ3n) is 2.56. The Bertz CT molecular complexity index is 458. The smallest absolute Gasteiger partial charge is 0.134 e. The van der Waals surface area contributed by atoms with Crippen molar-refractivity contribution in [2.75, 3.05) is 7.11 Å². The second kappa shape index (κ2) is 5.77. The molecule has 5 heteroatoms. The first-order valence-electron chi connectivity index (χ1n) is 5.31. The molecule has 0 saturated heterocycles. The van der Waals surface area contributed by atoms with Gasteiger partial charge in [0.15, 0.2) is 0 Å². The van der Waals surface area contributed by atoms with Crippen LogP contribution < -0.4 is 16.0 Å². The van der Waals surface area contributed by atoms with Crippen LogP contribution >= 0.6 is 11.3 Å². The summed E-state index contributed by atoms with van der Waals surface area (Å²) in [6.07, 6.45) is 4.41. The zero-order chi connectivity index (χ0) is 12.1. The number of aromatic nitrogens is 1. The van der Waals surface area contributed by atoms with Gasteiger partial charge in [0.1, 0.15) is 5.75 Å². The van der Waals surface area contributed by atoms with E-state index in [0.29, 0.717) is 0 Å². The van der Waals surface area contributed by atoms with Crippen LogP contribution in [0, 0.1) is 0 Å². The lowest BCUT2D eigenvalue weighted by atomic mass is 10.1. The topological polar surface area (TPSA) is 60.2 Å². The molecule has 0 fully saturated rings. The van der Waals surface area contributed by atoms with E-state index >= 15 is 0 Å². The third-order valence-corrected chi connectivity index (χ3v) is 3.57. The molecule has 2 aromatic rings. The number of hydrogen-bond acceptors (Lipinski definition) is 5. The van der Waals surface area contributed by atoms with Crippen LogP contribution in [0.1, 0.15) is 16.5 Å². The van der Waals surface area contributed by atoms with Crippen LogP contribution in [0.4, 0.5) is 0 Å². The maximum atomic E-state index is 5.62. The number of hydrazine groups is 1. The fourth-order valence-corrected chi connectivity index (χ4v) is 2.64. The minimum absolute atomic E-state index is 0.0501. The second-order valence-electron chi connectivity index (χ2n) is 3.64. The molecule has 0 aromatic carbocycles. The van der Waals surface area contributed by atoms with Crippen molar-refractivity contribution >= 4 is 11.3 Å². The molecule has 4 nitrogen and oxygen atoms in total. The Hall–Kier alpha value is -1.43. The number of methoxy groups -OCH3 is 1. The van der Waals surface area contributed by atoms with Gasteiger partial charge in [-0.3, -0.25) is 16.3 Å². The van der Waals surface area contributed by atoms with E-state index < -0.39 is 0 Å². The molecular formula is C12H15N3OS. The number of pyridine rings is 1. The predicted molar refractivity (Wildman–Crippen MR) is 68.9 cm³/mol. The van der Waals surface area contributed by atoms with E-state index in [1.165, 1.54) is 0 Å². The van der Waals surface area contributed by atoms with E-state index in [1.807, 2.05) is 29.8 Å². The lowest BCUT2D eigenvalue weighted by Crippen LogP contribution is -2.29. The lowest BCUT2D eigenvalue weighted by molar-refractivity contribution is 0.403. The predicted octanol–water partition coefficient (Wildman–Crippen LogP) is 1.90. The van der Waals surface area contributed by atoms with Crippen molar-refractivity contribution in [3.63, 3.8) is 0 Å². The summed E-state index contributed by atoms with van der Waals surface area (Å²) < 4.78 is 5.31. The zero-order valence-corrected chi connectivity index (χ0v) is 10.4. The highest BCUT2D eigenvalue weighted by molar-refractivity contribution is 7.10. The highest BCUT2D eigenvalue weighted by Crippen LogP contribution is 2.32. The normalized spacial score (nSPS) is 12.4. The van der Waals surface area contributed by atoms with Crippen LogP contribution in [0.15, 0.2) is 36.0 Å². The number of nitrogens with zero attached hydrogens (tertiary/aromatic N) is 1. The highest BCUT2D eigenvalue weighted by atomic mass is 32.1. The maximum absolute atomic E-state index is 5.62. The average Bonchev–Trinajstić information content (AvgIpc) is 2.85. The summed E-state index contributed by atoms with van der Waals surface area (Å²) in [5, 5.41) is 2.00. The molecule has 0 saturated carbocycles. The fourth-order valence-electron chi connectivity index (χ4n) is 1.71. The standard InChI is InChI=1S/C12H15N3OS/c1-16-11-4-6-17-12(11)10(15-13)7-9-3-2-5-14-8-9/h2-6,8,10,15H,7,13H2,1H3. The molecule has 17 heavy (non-hydrogen) atoms. The summed E-state index contributed by atoms with van der Waals surface area (Å²) in [5.74, 6) is 6.49. The van der Waals surface area contributed by atoms with Gasteiger partial charge in [-0.2, -0.15) is 0 Å². The van der Waals surface area contributed by atoms with Crippen molar-refractivity contribution in [3.8, 4) is 5.75 Å². The van der Waals surface area contributed by atoms with E-state index in [1.54, 1.807) is 24.6 Å². The van der Waals surface area contributed by atoms with Gasteiger partial charge < -0.3 is 4.74 Å². The highest BCUT2D eigenvalue weighted by Gasteiger charge is 2.16. The molecule has 0 spiro atoms. The molecule has 1 atom stereocenters. The molecule has 90 valence electrons. The molecule has 0 aliphatic carbocycles. The number of ether oxygens (including phenoxy) is 1. The van der Waals surface area contributed by atoms with Crippen LogP contribution in [0.5, 0.6) is 5.75 Å². The van der Waals surface area contributed by atoms with Crippen molar-refractivity contribution in [3.05, 3.63) is 46.4 Å². The minimum atomic E-state index is 0.0501. The Morgan fingerprint density at radius 2 is 2.41 bits per heavy atom. The van der Waals surface area contributed by atoms with Crippen LogP contribution in [-0.2, 0) is 6.42 Å². The van der Waals surface area contributed by atoms with Crippen LogP contribution in [-0.4, -0.2) is 12.1 Å². The quantitative estimate of drug-likeness (QED) is 0.627. The molecule has 3 N–H and O–H groups in total. The Labute approximate surface area is 104 Å². The van der Waals surface area contributed by atoms with E-state index in [0.717, 1.165) is 22.6 Å². The van der Waals surface area contributed by atoms with Gasteiger partial charge in [-0.25, -0.2) is 0 Å². The van der Waals surface area contributed by atoms with Gasteiger partial charge in [0.2, 0.25) is 0 Å². The Kier molecular flexibility index (Phi) is 4.08. The summed E-state index contributed by atoms with van der Waals surface area (Å²) in [6, 6.07) is 5.97. The zero-order valence-electron chi connectivity index (χ0n) is 9.59. The molecule has 2 aromatic heterocycles. The van der Waals surface area contributed by atoms with E-state index in [4.69, 9.17) is 10.6 Å². The van der Waals surface area contributed by atoms with Crippen molar-refractivity contribution < 1.29 is 4.74 Å². The van der Waals surface area contributed by atoms with Gasteiger partial charge >= 0.3 is 0 Å². The SMILES string of the molecule is COc1ccsc1C(Cc1cccnc1)NN. The maximum Gasteiger partial charge on any atom is 0.134 e. The second-order valence-corrected chi connectivity index (χ2v) is 4.59. The van der Waals surface area contributed by atoms with Gasteiger partial charge in [-0.05, 0) is 29.5 Å². The van der Waals surface area contributed by atoms with Crippen molar-refractivity contribution in [2.45, 2.75) is 12.5 Å². The molecule has 0 aliphatic rings. The van der Waals surface area contributed by atoms with Gasteiger partial charge in [0.05, 0.1) is 18.0 Å². The van der Waals surface area contributed by atoms with Gasteiger partial charge in [0, 0.05) is 12.4 Å². The summed E-state index contributed by atoms with van der Waals surface area (Å²) in [5.41, 5.74) is 3.97. The average molecular weight is 249 g/mol. The molecule has 0 amide bonds. The minimum Gasteiger partial charge on any atom is -0.496 e. The van der Waals surface area contributed by atoms with Crippen LogP contribution in [0.3, 0.4) is 0 Å². The molecule has 2 rings (SSSR count). The fraction of sp³-hybridized carbons (Fsp3) is 0.250. The summed E-state index contributed by atoms with van der Waals surface area (Å²) in [7, 11) is 1.67. The van der Waals surface area contributed by atoms with E-state index in [9.17, 15) is 0 Å². The first kappa shape index (κ1) is 12.0. The molecule has 1 unspecified atom stereocenters. The van der Waals surface area contributed by atoms with E-state index in [-0.39, 0.29) is 6.04 Å². The number of nitrogens with two attached hydrogens (primary N) is 1. The molecule has 0 aliphatic heterocycles. The van der Waals surface area contributed by atoms with Crippen molar-refractivity contribution in [1.82, 2.24) is 10.4 Å². The molecule has 0 radical (unpaired) electrons. The van der Waals surface area contributed by atoms with Gasteiger partial charge in [-0.1, -0.05) is 6.07 Å². The van der Waals surface area contributed by atoms with Gasteiger partial charge in [-0.15, -0.1) is 11.3 Å². The Balaban J connectivity index is 2.17. The van der Waals surface area contributed by atoms with Gasteiger partial charge in [0.25, 0.3) is 0 Å². The number of nitrogens with one attached hydrogen (secondary N) is 1.